The smallest absolute Gasteiger partial charge is 0.338 e. The van der Waals surface area contributed by atoms with Crippen LogP contribution in [0, 0.1) is 0 Å². The highest BCUT2D eigenvalue weighted by atomic mass is 16.5. The van der Waals surface area contributed by atoms with Crippen LogP contribution in [-0.4, -0.2) is 47.2 Å². The molecular formula is C20H22N4O6. The molecule has 0 unspecified atom stereocenters. The molecular weight excluding hydrogens is 392 g/mol. The number of hydrogen-bond donors (Lipinski definition) is 3. The Bertz CT molecular complexity index is 1070. The zero-order valence-electron chi connectivity index (χ0n) is 16.6. The summed E-state index contributed by atoms with van der Waals surface area (Å²) in [5.74, 6) is -0.797. The van der Waals surface area contributed by atoms with Gasteiger partial charge in [-0.2, -0.15) is 0 Å². The van der Waals surface area contributed by atoms with E-state index in [1.165, 1.54) is 0 Å². The topological polar surface area (TPSA) is 139 Å². The van der Waals surface area contributed by atoms with Crippen molar-refractivity contribution in [2.45, 2.75) is 32.7 Å². The fourth-order valence-electron chi connectivity index (χ4n) is 3.09. The van der Waals surface area contributed by atoms with E-state index in [1.54, 1.807) is 38.1 Å². The van der Waals surface area contributed by atoms with E-state index in [0.717, 1.165) is 0 Å². The van der Waals surface area contributed by atoms with E-state index in [9.17, 15) is 19.2 Å². The Kier molecular flexibility index (Phi) is 6.45. The summed E-state index contributed by atoms with van der Waals surface area (Å²) >= 11 is 0. The molecule has 10 heteroatoms. The first-order valence-electron chi connectivity index (χ1n) is 9.50. The molecule has 1 aliphatic heterocycles. The van der Waals surface area contributed by atoms with Crippen LogP contribution in [0.2, 0.25) is 0 Å². The Morgan fingerprint density at radius 3 is 2.70 bits per heavy atom. The minimum Gasteiger partial charge on any atom is -0.463 e. The number of carbonyl (C=O) groups excluding carboxylic acids is 3. The van der Waals surface area contributed by atoms with Crippen LogP contribution in [-0.2, 0) is 25.5 Å². The van der Waals surface area contributed by atoms with Crippen molar-refractivity contribution in [3.63, 3.8) is 0 Å². The summed E-state index contributed by atoms with van der Waals surface area (Å²) < 4.78 is 10.2. The number of benzene rings is 1. The maximum atomic E-state index is 12.2. The van der Waals surface area contributed by atoms with Crippen molar-refractivity contribution in [1.29, 1.82) is 0 Å². The number of hydrogen-bond acceptors (Lipinski definition) is 7. The van der Waals surface area contributed by atoms with Gasteiger partial charge >= 0.3 is 18.0 Å². The summed E-state index contributed by atoms with van der Waals surface area (Å²) in [4.78, 5) is 55.1. The monoisotopic (exact) mass is 414 g/mol. The van der Waals surface area contributed by atoms with E-state index in [4.69, 9.17) is 9.47 Å². The number of urea groups is 1. The molecule has 158 valence electrons. The average Bonchev–Trinajstić information content (AvgIpc) is 2.70. The second-order valence-corrected chi connectivity index (χ2v) is 6.62. The average molecular weight is 414 g/mol. The molecule has 3 N–H and O–H groups in total. The Morgan fingerprint density at radius 1 is 1.17 bits per heavy atom. The van der Waals surface area contributed by atoms with Crippen LogP contribution >= 0.6 is 0 Å². The Hall–Kier alpha value is -3.69. The lowest BCUT2D eigenvalue weighted by Crippen LogP contribution is -2.50. The first-order chi connectivity index (χ1) is 14.4. The summed E-state index contributed by atoms with van der Waals surface area (Å²) in [5.41, 5.74) is 0.639. The number of nitrogens with zero attached hydrogens (tertiary/aromatic N) is 1. The highest BCUT2D eigenvalue weighted by molar-refractivity contribution is 5.94. The van der Waals surface area contributed by atoms with Crippen molar-refractivity contribution in [3.05, 3.63) is 51.7 Å². The number of fused-ring (bicyclic) bond motifs is 1. The largest absolute Gasteiger partial charge is 0.463 e. The lowest BCUT2D eigenvalue weighted by molar-refractivity contribution is -0.143. The van der Waals surface area contributed by atoms with Crippen LogP contribution < -0.4 is 16.2 Å². The Balaban J connectivity index is 1.64. The summed E-state index contributed by atoms with van der Waals surface area (Å²) in [7, 11) is 0. The van der Waals surface area contributed by atoms with Crippen LogP contribution in [0.15, 0.2) is 40.3 Å². The number of aryl methyl sites for hydroxylation is 1. The number of amides is 2. The van der Waals surface area contributed by atoms with Crippen LogP contribution in [0.4, 0.5) is 4.79 Å². The van der Waals surface area contributed by atoms with Gasteiger partial charge in [0.1, 0.15) is 12.4 Å². The lowest BCUT2D eigenvalue weighted by atomic mass is 10.0. The van der Waals surface area contributed by atoms with Gasteiger partial charge in [0.15, 0.2) is 0 Å². The van der Waals surface area contributed by atoms with Gasteiger partial charge in [0.05, 0.1) is 41.2 Å². The number of rotatable bonds is 7. The summed E-state index contributed by atoms with van der Waals surface area (Å²) in [6.45, 7) is 3.19. The lowest BCUT2D eigenvalue weighted by Gasteiger charge is -2.26. The van der Waals surface area contributed by atoms with Crippen molar-refractivity contribution in [2.24, 2.45) is 0 Å². The van der Waals surface area contributed by atoms with Gasteiger partial charge in [-0.05, 0) is 26.0 Å². The highest BCUT2D eigenvalue weighted by Crippen LogP contribution is 2.15. The highest BCUT2D eigenvalue weighted by Gasteiger charge is 2.30. The standard InChI is InChI=1S/C20H22N4O6/c1-3-29-19(27)17-11(2)21-20(28)23-14(17)10-30-16(25)9-8-15-22-13-7-5-4-6-12(13)18(26)24-15/h4-7,11H,3,8-10H2,1-2H3,(H2,21,23,28)(H,22,24,26)/t11-/m1/s1. The normalized spacial score (nSPS) is 16.1. The molecule has 0 radical (unpaired) electrons. The number of ether oxygens (including phenoxy) is 2. The number of carbonyl (C=O) groups is 3. The molecule has 0 spiro atoms. The molecule has 1 aromatic heterocycles. The van der Waals surface area contributed by atoms with Gasteiger partial charge in [-0.1, -0.05) is 12.1 Å². The van der Waals surface area contributed by atoms with E-state index >= 15 is 0 Å². The van der Waals surface area contributed by atoms with Crippen LogP contribution in [0.1, 0.15) is 26.1 Å². The third-order valence-electron chi connectivity index (χ3n) is 4.47. The molecule has 30 heavy (non-hydrogen) atoms. The SMILES string of the molecule is CCOC(=O)C1=C(COC(=O)CCc2nc3ccccc3c(=O)[nH]2)NC(=O)N[C@@H]1C. The van der Waals surface area contributed by atoms with Crippen molar-refractivity contribution < 1.29 is 23.9 Å². The van der Waals surface area contributed by atoms with Crippen molar-refractivity contribution in [3.8, 4) is 0 Å². The number of aromatic nitrogens is 2. The maximum absolute atomic E-state index is 12.2. The molecule has 1 aliphatic rings. The predicted octanol–water partition coefficient (Wildman–Crippen LogP) is 0.917. The van der Waals surface area contributed by atoms with E-state index in [0.29, 0.717) is 16.7 Å². The third-order valence-corrected chi connectivity index (χ3v) is 4.47. The van der Waals surface area contributed by atoms with Gasteiger partial charge in [0.25, 0.3) is 5.56 Å². The quantitative estimate of drug-likeness (QED) is 0.572. The van der Waals surface area contributed by atoms with Gasteiger partial charge < -0.3 is 25.1 Å². The molecule has 2 aromatic rings. The molecule has 3 rings (SSSR count). The van der Waals surface area contributed by atoms with Crippen molar-refractivity contribution in [1.82, 2.24) is 20.6 Å². The van der Waals surface area contributed by atoms with Crippen molar-refractivity contribution >= 4 is 28.9 Å². The van der Waals surface area contributed by atoms with Gasteiger partial charge in [-0.25, -0.2) is 14.6 Å². The minimum atomic E-state index is -0.596. The Morgan fingerprint density at radius 2 is 1.93 bits per heavy atom. The molecule has 2 amide bonds. The molecule has 0 saturated heterocycles. The predicted molar refractivity (Wildman–Crippen MR) is 106 cm³/mol. The second-order valence-electron chi connectivity index (χ2n) is 6.62. The number of aromatic amines is 1. The van der Waals surface area contributed by atoms with Crippen LogP contribution in [0.3, 0.4) is 0 Å². The first-order valence-corrected chi connectivity index (χ1v) is 9.50. The fraction of sp³-hybridized carbons (Fsp3) is 0.350. The molecule has 0 aliphatic carbocycles. The molecule has 0 bridgehead atoms. The molecule has 10 nitrogen and oxygen atoms in total. The van der Waals surface area contributed by atoms with Gasteiger partial charge in [-0.3, -0.25) is 9.59 Å². The van der Waals surface area contributed by atoms with Crippen LogP contribution in [0.25, 0.3) is 10.9 Å². The van der Waals surface area contributed by atoms with Gasteiger partial charge in [0.2, 0.25) is 0 Å². The third kappa shape index (κ3) is 4.83. The zero-order chi connectivity index (χ0) is 21.7. The zero-order valence-corrected chi connectivity index (χ0v) is 16.6. The van der Waals surface area contributed by atoms with E-state index < -0.39 is 24.0 Å². The first kappa shape index (κ1) is 21.0. The summed E-state index contributed by atoms with van der Waals surface area (Å²) in [6.07, 6.45) is 0.137. The number of nitrogens with one attached hydrogen (secondary N) is 3. The number of H-pyrrole nitrogens is 1. The fourth-order valence-corrected chi connectivity index (χ4v) is 3.09. The van der Waals surface area contributed by atoms with Crippen molar-refractivity contribution in [2.75, 3.05) is 13.2 Å². The molecule has 1 atom stereocenters. The van der Waals surface area contributed by atoms with E-state index in [-0.39, 0.29) is 42.9 Å². The molecule has 2 heterocycles. The number of para-hydroxylation sites is 1. The molecule has 0 fully saturated rings. The van der Waals surface area contributed by atoms with Gasteiger partial charge in [0, 0.05) is 6.42 Å². The van der Waals surface area contributed by atoms with E-state index in [2.05, 4.69) is 20.6 Å². The molecule has 1 aromatic carbocycles. The Labute approximate surface area is 171 Å². The second kappa shape index (κ2) is 9.21. The van der Waals surface area contributed by atoms with Crippen LogP contribution in [0.5, 0.6) is 0 Å². The summed E-state index contributed by atoms with van der Waals surface area (Å²) in [5, 5.41) is 5.52. The van der Waals surface area contributed by atoms with E-state index in [1.807, 2.05) is 0 Å². The van der Waals surface area contributed by atoms with Gasteiger partial charge in [-0.15, -0.1) is 0 Å². The minimum absolute atomic E-state index is 0.0367. The number of esters is 2. The molecule has 0 saturated carbocycles. The summed E-state index contributed by atoms with van der Waals surface area (Å²) in [6, 6.07) is 5.82. The maximum Gasteiger partial charge on any atom is 0.338 e.